The highest BCUT2D eigenvalue weighted by Crippen LogP contribution is 2.23. The minimum atomic E-state index is -0.350. The van der Waals surface area contributed by atoms with Crippen LogP contribution in [0.2, 0.25) is 0 Å². The van der Waals surface area contributed by atoms with Crippen molar-refractivity contribution in [2.24, 2.45) is 0 Å². The van der Waals surface area contributed by atoms with Gasteiger partial charge in [-0.3, -0.25) is 0 Å². The first-order valence-electron chi connectivity index (χ1n) is 8.32. The molecule has 2 aromatic carbocycles. The number of rotatable bonds is 5. The van der Waals surface area contributed by atoms with Crippen LogP contribution in [0.15, 0.2) is 69.2 Å². The fourth-order valence-corrected chi connectivity index (χ4v) is 3.63. The predicted molar refractivity (Wildman–Crippen MR) is 103 cm³/mol. The standard InChI is InChI=1S/C21H17NO3S/c1-14-9-21(23)25-19-11-17(7-8-18(14)19)24-12-16-13-26-20(22-16)10-15-5-3-2-4-6-15/h2-9,11,13H,10,12H2,1H3. The second-order valence-corrected chi connectivity index (χ2v) is 7.03. The van der Waals surface area contributed by atoms with E-state index < -0.39 is 0 Å². The lowest BCUT2D eigenvalue weighted by atomic mass is 10.1. The molecule has 0 bridgehead atoms. The molecule has 0 saturated heterocycles. The number of aromatic nitrogens is 1. The molecule has 4 aromatic rings. The summed E-state index contributed by atoms with van der Waals surface area (Å²) in [4.78, 5) is 16.2. The van der Waals surface area contributed by atoms with Crippen LogP contribution < -0.4 is 10.4 Å². The summed E-state index contributed by atoms with van der Waals surface area (Å²) < 4.78 is 11.1. The normalized spacial score (nSPS) is 11.0. The minimum absolute atomic E-state index is 0.350. The van der Waals surface area contributed by atoms with Crippen LogP contribution in [0, 0.1) is 6.92 Å². The molecule has 0 saturated carbocycles. The summed E-state index contributed by atoms with van der Waals surface area (Å²) in [5, 5.41) is 3.99. The molecule has 0 unspecified atom stereocenters. The second-order valence-electron chi connectivity index (χ2n) is 6.09. The van der Waals surface area contributed by atoms with E-state index in [1.54, 1.807) is 17.4 Å². The van der Waals surface area contributed by atoms with E-state index in [2.05, 4.69) is 17.1 Å². The molecule has 4 nitrogen and oxygen atoms in total. The van der Waals surface area contributed by atoms with Crippen LogP contribution in [0.25, 0.3) is 11.0 Å². The van der Waals surface area contributed by atoms with E-state index in [9.17, 15) is 4.79 Å². The lowest BCUT2D eigenvalue weighted by Crippen LogP contribution is -1.99. The SMILES string of the molecule is Cc1cc(=O)oc2cc(OCc3csc(Cc4ccccc4)n3)ccc12. The van der Waals surface area contributed by atoms with Crippen molar-refractivity contribution in [3.05, 3.63) is 92.2 Å². The van der Waals surface area contributed by atoms with Crippen LogP contribution >= 0.6 is 11.3 Å². The Morgan fingerprint density at radius 3 is 2.81 bits per heavy atom. The van der Waals surface area contributed by atoms with Gasteiger partial charge in [0.2, 0.25) is 0 Å². The van der Waals surface area contributed by atoms with Crippen molar-refractivity contribution in [3.63, 3.8) is 0 Å². The number of hydrogen-bond acceptors (Lipinski definition) is 5. The lowest BCUT2D eigenvalue weighted by molar-refractivity contribution is 0.302. The van der Waals surface area contributed by atoms with Crippen molar-refractivity contribution in [1.82, 2.24) is 4.98 Å². The molecular weight excluding hydrogens is 346 g/mol. The Morgan fingerprint density at radius 1 is 1.12 bits per heavy atom. The van der Waals surface area contributed by atoms with Crippen LogP contribution in [0.3, 0.4) is 0 Å². The largest absolute Gasteiger partial charge is 0.487 e. The van der Waals surface area contributed by atoms with Crippen molar-refractivity contribution in [1.29, 1.82) is 0 Å². The van der Waals surface area contributed by atoms with Gasteiger partial charge in [-0.1, -0.05) is 30.3 Å². The third-order valence-electron chi connectivity index (χ3n) is 4.11. The zero-order chi connectivity index (χ0) is 17.9. The van der Waals surface area contributed by atoms with Crippen molar-refractivity contribution in [2.75, 3.05) is 0 Å². The Balaban J connectivity index is 1.46. The van der Waals surface area contributed by atoms with E-state index in [0.717, 1.165) is 28.1 Å². The second kappa shape index (κ2) is 7.14. The van der Waals surface area contributed by atoms with E-state index in [1.807, 2.05) is 42.6 Å². The Morgan fingerprint density at radius 2 is 1.96 bits per heavy atom. The molecule has 0 spiro atoms. The minimum Gasteiger partial charge on any atom is -0.487 e. The number of nitrogens with zero attached hydrogens (tertiary/aromatic N) is 1. The van der Waals surface area contributed by atoms with Gasteiger partial charge in [-0.05, 0) is 30.2 Å². The van der Waals surface area contributed by atoms with Crippen LogP contribution in [0.5, 0.6) is 5.75 Å². The summed E-state index contributed by atoms with van der Waals surface area (Å²) in [6.45, 7) is 2.27. The first kappa shape index (κ1) is 16.5. The smallest absolute Gasteiger partial charge is 0.336 e. The van der Waals surface area contributed by atoms with E-state index >= 15 is 0 Å². The fourth-order valence-electron chi connectivity index (χ4n) is 2.82. The monoisotopic (exact) mass is 363 g/mol. The lowest BCUT2D eigenvalue weighted by Gasteiger charge is -2.06. The molecule has 0 radical (unpaired) electrons. The predicted octanol–water partition coefficient (Wildman–Crippen LogP) is 4.73. The first-order chi connectivity index (χ1) is 12.7. The third-order valence-corrected chi connectivity index (χ3v) is 5.00. The molecule has 4 rings (SSSR count). The highest BCUT2D eigenvalue weighted by atomic mass is 32.1. The van der Waals surface area contributed by atoms with Gasteiger partial charge in [0.25, 0.3) is 0 Å². The number of benzene rings is 2. The number of thiazole rings is 1. The van der Waals surface area contributed by atoms with Gasteiger partial charge in [0.05, 0.1) is 10.7 Å². The number of ether oxygens (including phenoxy) is 1. The first-order valence-corrected chi connectivity index (χ1v) is 9.20. The van der Waals surface area contributed by atoms with Gasteiger partial charge in [-0.25, -0.2) is 9.78 Å². The van der Waals surface area contributed by atoms with Crippen molar-refractivity contribution < 1.29 is 9.15 Å². The highest BCUT2D eigenvalue weighted by Gasteiger charge is 2.07. The van der Waals surface area contributed by atoms with Crippen molar-refractivity contribution in [2.45, 2.75) is 20.0 Å². The molecule has 5 heteroatoms. The van der Waals surface area contributed by atoms with Gasteiger partial charge in [0.15, 0.2) is 0 Å². The van der Waals surface area contributed by atoms with Crippen LogP contribution in [0.4, 0.5) is 0 Å². The maximum absolute atomic E-state index is 11.5. The molecule has 0 N–H and O–H groups in total. The van der Waals surface area contributed by atoms with Crippen LogP contribution in [-0.4, -0.2) is 4.98 Å². The Bertz CT molecular complexity index is 1100. The van der Waals surface area contributed by atoms with Gasteiger partial charge in [0.1, 0.15) is 17.9 Å². The zero-order valence-corrected chi connectivity index (χ0v) is 15.1. The summed E-state index contributed by atoms with van der Waals surface area (Å²) in [7, 11) is 0. The van der Waals surface area contributed by atoms with Gasteiger partial charge < -0.3 is 9.15 Å². The summed E-state index contributed by atoms with van der Waals surface area (Å²) >= 11 is 1.64. The van der Waals surface area contributed by atoms with E-state index in [4.69, 9.17) is 9.15 Å². The summed E-state index contributed by atoms with van der Waals surface area (Å²) in [5.41, 5.74) is 3.22. The Labute approximate surface area is 154 Å². The molecule has 2 heterocycles. The number of aryl methyl sites for hydroxylation is 1. The Hall–Kier alpha value is -2.92. The number of hydrogen-bond donors (Lipinski definition) is 0. The molecule has 26 heavy (non-hydrogen) atoms. The van der Waals surface area contributed by atoms with E-state index in [0.29, 0.717) is 17.9 Å². The van der Waals surface area contributed by atoms with Crippen LogP contribution in [0.1, 0.15) is 21.8 Å². The molecule has 0 amide bonds. The fraction of sp³-hybridized carbons (Fsp3) is 0.143. The Kier molecular flexibility index (Phi) is 4.54. The summed E-state index contributed by atoms with van der Waals surface area (Å²) in [5.74, 6) is 0.656. The number of fused-ring (bicyclic) bond motifs is 1. The molecule has 2 aromatic heterocycles. The molecular formula is C21H17NO3S. The van der Waals surface area contributed by atoms with Gasteiger partial charge in [-0.15, -0.1) is 11.3 Å². The molecule has 130 valence electrons. The van der Waals surface area contributed by atoms with Gasteiger partial charge in [-0.2, -0.15) is 0 Å². The average molecular weight is 363 g/mol. The molecule has 0 fully saturated rings. The maximum atomic E-state index is 11.5. The topological polar surface area (TPSA) is 52.3 Å². The summed E-state index contributed by atoms with van der Waals surface area (Å²) in [6.07, 6.45) is 0.825. The van der Waals surface area contributed by atoms with Crippen molar-refractivity contribution in [3.8, 4) is 5.75 Å². The molecule has 0 aliphatic heterocycles. The quantitative estimate of drug-likeness (QED) is 0.481. The average Bonchev–Trinajstić information content (AvgIpc) is 3.08. The maximum Gasteiger partial charge on any atom is 0.336 e. The summed E-state index contributed by atoms with van der Waals surface area (Å²) in [6, 6.07) is 17.3. The zero-order valence-electron chi connectivity index (χ0n) is 14.3. The molecule has 0 aliphatic rings. The van der Waals surface area contributed by atoms with Gasteiger partial charge in [0, 0.05) is 29.3 Å². The molecule has 0 aliphatic carbocycles. The van der Waals surface area contributed by atoms with Crippen LogP contribution in [-0.2, 0) is 13.0 Å². The van der Waals surface area contributed by atoms with E-state index in [1.165, 1.54) is 11.6 Å². The third kappa shape index (κ3) is 3.68. The molecule has 0 atom stereocenters. The van der Waals surface area contributed by atoms with E-state index in [-0.39, 0.29) is 5.63 Å². The van der Waals surface area contributed by atoms with Gasteiger partial charge >= 0.3 is 5.63 Å². The van der Waals surface area contributed by atoms with Crippen molar-refractivity contribution >= 4 is 22.3 Å². The highest BCUT2D eigenvalue weighted by molar-refractivity contribution is 7.09.